The van der Waals surface area contributed by atoms with Gasteiger partial charge in [-0.15, -0.1) is 11.8 Å². The Kier molecular flexibility index (Phi) is 11.7. The van der Waals surface area contributed by atoms with Crippen LogP contribution in [0.5, 0.6) is 0 Å². The van der Waals surface area contributed by atoms with Gasteiger partial charge < -0.3 is 10.2 Å². The summed E-state index contributed by atoms with van der Waals surface area (Å²) in [4.78, 5) is 38.1. The van der Waals surface area contributed by atoms with Crippen LogP contribution >= 0.6 is 35.0 Å². The minimum absolute atomic E-state index is 0.0238. The predicted molar refractivity (Wildman–Crippen MR) is 138 cm³/mol. The summed E-state index contributed by atoms with van der Waals surface area (Å²) in [5, 5.41) is 14.7. The number of nitrogens with zero attached hydrogens (tertiary/aromatic N) is 2. The molecule has 1 N–H and O–H groups in total. The highest BCUT2D eigenvalue weighted by Gasteiger charge is 2.28. The molecule has 2 rings (SSSR count). The summed E-state index contributed by atoms with van der Waals surface area (Å²) in [7, 11) is 0. The zero-order valence-corrected chi connectivity index (χ0v) is 21.6. The summed E-state index contributed by atoms with van der Waals surface area (Å²) < 4.78 is 0. The van der Waals surface area contributed by atoms with Gasteiger partial charge in [0, 0.05) is 41.0 Å². The molecular weight excluding hydrogens is 497 g/mol. The number of non-ortho nitro benzene ring substituents is 1. The molecular formula is C24H29Cl2N3O4S. The molecule has 0 aliphatic carbocycles. The zero-order chi connectivity index (χ0) is 25.1. The monoisotopic (exact) mass is 525 g/mol. The average Bonchev–Trinajstić information content (AvgIpc) is 2.80. The van der Waals surface area contributed by atoms with Gasteiger partial charge in [0.05, 0.1) is 10.7 Å². The Balaban J connectivity index is 2.13. The van der Waals surface area contributed by atoms with Crippen molar-refractivity contribution in [2.75, 3.05) is 12.3 Å². The number of benzene rings is 2. The highest BCUT2D eigenvalue weighted by molar-refractivity contribution is 7.99. The molecule has 2 aromatic carbocycles. The summed E-state index contributed by atoms with van der Waals surface area (Å²) in [6.45, 7) is 4.67. The molecule has 10 heteroatoms. The fourth-order valence-electron chi connectivity index (χ4n) is 3.31. The second-order valence-electron chi connectivity index (χ2n) is 7.74. The lowest BCUT2D eigenvalue weighted by atomic mass is 10.1. The van der Waals surface area contributed by atoms with Crippen LogP contribution in [0.2, 0.25) is 10.0 Å². The molecule has 0 saturated heterocycles. The number of amides is 2. The van der Waals surface area contributed by atoms with Crippen LogP contribution < -0.4 is 5.32 Å². The van der Waals surface area contributed by atoms with Crippen LogP contribution in [0.25, 0.3) is 0 Å². The largest absolute Gasteiger partial charge is 0.354 e. The third-order valence-corrected chi connectivity index (χ3v) is 6.79. The molecule has 0 heterocycles. The highest BCUT2D eigenvalue weighted by atomic mass is 35.5. The fourth-order valence-corrected chi connectivity index (χ4v) is 4.65. The first kappa shape index (κ1) is 28.0. The van der Waals surface area contributed by atoms with E-state index < -0.39 is 11.0 Å². The molecule has 0 aliphatic rings. The lowest BCUT2D eigenvalue weighted by Crippen LogP contribution is -2.49. The maximum Gasteiger partial charge on any atom is 0.269 e. The second-order valence-corrected chi connectivity index (χ2v) is 9.57. The van der Waals surface area contributed by atoms with Gasteiger partial charge in [-0.25, -0.2) is 0 Å². The minimum atomic E-state index is -0.629. The van der Waals surface area contributed by atoms with Crippen molar-refractivity contribution in [2.45, 2.75) is 51.4 Å². The van der Waals surface area contributed by atoms with E-state index in [9.17, 15) is 19.7 Å². The number of nitrogens with one attached hydrogen (secondary N) is 1. The molecule has 0 aliphatic heterocycles. The van der Waals surface area contributed by atoms with Gasteiger partial charge in [0.25, 0.3) is 5.69 Å². The van der Waals surface area contributed by atoms with Crippen LogP contribution in [0.1, 0.15) is 44.2 Å². The number of nitro benzene ring substituents is 1. The molecule has 34 heavy (non-hydrogen) atoms. The summed E-state index contributed by atoms with van der Waals surface area (Å²) in [6, 6.07) is 10.7. The number of carbonyl (C=O) groups excluding carboxylic acids is 2. The maximum absolute atomic E-state index is 13.3. The van der Waals surface area contributed by atoms with Crippen molar-refractivity contribution in [3.05, 3.63) is 73.8 Å². The summed E-state index contributed by atoms with van der Waals surface area (Å²) in [6.07, 6.45) is 2.28. The molecule has 0 bridgehead atoms. The van der Waals surface area contributed by atoms with Gasteiger partial charge in [-0.05, 0) is 36.1 Å². The lowest BCUT2D eigenvalue weighted by molar-refractivity contribution is -0.384. The molecule has 184 valence electrons. The first-order valence-corrected chi connectivity index (χ1v) is 13.0. The molecule has 7 nitrogen and oxygen atoms in total. The van der Waals surface area contributed by atoms with Crippen molar-refractivity contribution in [1.82, 2.24) is 10.2 Å². The van der Waals surface area contributed by atoms with E-state index in [1.165, 1.54) is 23.9 Å². The van der Waals surface area contributed by atoms with Gasteiger partial charge in [-0.3, -0.25) is 19.7 Å². The van der Waals surface area contributed by atoms with Crippen molar-refractivity contribution in [1.29, 1.82) is 0 Å². The van der Waals surface area contributed by atoms with E-state index >= 15 is 0 Å². The second kappa shape index (κ2) is 14.2. The quantitative estimate of drug-likeness (QED) is 0.201. The van der Waals surface area contributed by atoms with Crippen LogP contribution in [0.15, 0.2) is 42.5 Å². The topological polar surface area (TPSA) is 92.6 Å². The van der Waals surface area contributed by atoms with E-state index in [1.807, 2.05) is 13.8 Å². The standard InChI is InChI=1S/C24H29Cl2N3O4S/c1-3-5-12-27-24(31)22(4-2)28(14-18-8-9-19(25)13-21(18)26)23(30)16-34-15-17-6-10-20(11-7-17)29(32)33/h6-11,13,22H,3-5,12,14-16H2,1-2H3,(H,27,31)/t22-/m0/s1. The number of rotatable bonds is 13. The maximum atomic E-state index is 13.3. The van der Waals surface area contributed by atoms with Crippen molar-refractivity contribution in [3.8, 4) is 0 Å². The molecule has 2 aromatic rings. The Hall–Kier alpha value is -2.29. The van der Waals surface area contributed by atoms with Gasteiger partial charge in [-0.1, -0.05) is 61.7 Å². The SMILES string of the molecule is CCCCNC(=O)[C@H](CC)N(Cc1ccc(Cl)cc1Cl)C(=O)CSCc1ccc([N+](=O)[O-])cc1. The number of thioether (sulfide) groups is 1. The van der Waals surface area contributed by atoms with E-state index in [0.717, 1.165) is 18.4 Å². The van der Waals surface area contributed by atoms with E-state index in [0.29, 0.717) is 34.3 Å². The Morgan fingerprint density at radius 2 is 1.85 bits per heavy atom. The summed E-state index contributed by atoms with van der Waals surface area (Å²) in [5.41, 5.74) is 1.61. The smallest absolute Gasteiger partial charge is 0.269 e. The molecule has 0 unspecified atom stereocenters. The van der Waals surface area contributed by atoms with Crippen LogP contribution in [-0.4, -0.2) is 40.0 Å². The average molecular weight is 526 g/mol. The Labute approximate surface area is 214 Å². The number of halogens is 2. The Morgan fingerprint density at radius 1 is 1.15 bits per heavy atom. The zero-order valence-electron chi connectivity index (χ0n) is 19.3. The van der Waals surface area contributed by atoms with Gasteiger partial charge in [-0.2, -0.15) is 0 Å². The summed E-state index contributed by atoms with van der Waals surface area (Å²) >= 11 is 13.8. The van der Waals surface area contributed by atoms with Crippen molar-refractivity contribution in [2.24, 2.45) is 0 Å². The summed E-state index contributed by atoms with van der Waals surface area (Å²) in [5.74, 6) is 0.296. The predicted octanol–water partition coefficient (Wildman–Crippen LogP) is 5.86. The van der Waals surface area contributed by atoms with Crippen molar-refractivity contribution < 1.29 is 14.5 Å². The number of hydrogen-bond acceptors (Lipinski definition) is 5. The Morgan fingerprint density at radius 3 is 2.44 bits per heavy atom. The first-order valence-electron chi connectivity index (χ1n) is 11.1. The van der Waals surface area contributed by atoms with Gasteiger partial charge in [0.15, 0.2) is 0 Å². The van der Waals surface area contributed by atoms with Crippen LogP contribution in [0.3, 0.4) is 0 Å². The van der Waals surface area contributed by atoms with E-state index in [2.05, 4.69) is 5.32 Å². The molecule has 0 fully saturated rings. The highest BCUT2D eigenvalue weighted by Crippen LogP contribution is 2.25. The molecule has 0 spiro atoms. The van der Waals surface area contributed by atoms with Gasteiger partial charge in [0.2, 0.25) is 11.8 Å². The molecule has 0 aromatic heterocycles. The van der Waals surface area contributed by atoms with Crippen LogP contribution in [0, 0.1) is 10.1 Å². The molecule has 1 atom stereocenters. The normalized spacial score (nSPS) is 11.6. The van der Waals surface area contributed by atoms with Gasteiger partial charge in [0.1, 0.15) is 6.04 Å². The van der Waals surface area contributed by atoms with Crippen molar-refractivity contribution >= 4 is 52.5 Å². The van der Waals surface area contributed by atoms with Crippen LogP contribution in [0.4, 0.5) is 5.69 Å². The van der Waals surface area contributed by atoms with E-state index in [4.69, 9.17) is 23.2 Å². The number of unbranched alkanes of at least 4 members (excludes halogenated alkanes) is 1. The Bertz CT molecular complexity index is 989. The third-order valence-electron chi connectivity index (χ3n) is 5.21. The number of hydrogen-bond donors (Lipinski definition) is 1. The van der Waals surface area contributed by atoms with E-state index in [1.54, 1.807) is 35.2 Å². The van der Waals surface area contributed by atoms with Gasteiger partial charge >= 0.3 is 0 Å². The fraction of sp³-hybridized carbons (Fsp3) is 0.417. The van der Waals surface area contributed by atoms with E-state index in [-0.39, 0.29) is 29.8 Å². The third kappa shape index (κ3) is 8.49. The molecule has 2 amide bonds. The van der Waals surface area contributed by atoms with Crippen LogP contribution in [-0.2, 0) is 21.9 Å². The number of nitro groups is 1. The first-order chi connectivity index (χ1) is 16.3. The number of carbonyl (C=O) groups is 2. The van der Waals surface area contributed by atoms with Crippen molar-refractivity contribution in [3.63, 3.8) is 0 Å². The molecule has 0 radical (unpaired) electrons. The minimum Gasteiger partial charge on any atom is -0.354 e. The lowest BCUT2D eigenvalue weighted by Gasteiger charge is -2.31. The molecule has 0 saturated carbocycles.